The van der Waals surface area contributed by atoms with E-state index in [0.29, 0.717) is 42.0 Å². The molecule has 38 heavy (non-hydrogen) atoms. The van der Waals surface area contributed by atoms with Gasteiger partial charge in [0.2, 0.25) is 5.65 Å². The van der Waals surface area contributed by atoms with E-state index in [2.05, 4.69) is 15.3 Å². The minimum Gasteiger partial charge on any atom is -0.494 e. The Morgan fingerprint density at radius 3 is 2.87 bits per heavy atom. The molecule has 3 atom stereocenters. The number of amides is 2. The highest BCUT2D eigenvalue weighted by atomic mass is 16.5. The van der Waals surface area contributed by atoms with Crippen LogP contribution in [0.15, 0.2) is 30.9 Å². The quantitative estimate of drug-likeness (QED) is 0.532. The Labute approximate surface area is 223 Å². The fourth-order valence-electron chi connectivity index (χ4n) is 5.45. The van der Waals surface area contributed by atoms with E-state index in [0.717, 1.165) is 63.0 Å². The van der Waals surface area contributed by atoms with Gasteiger partial charge in [0.25, 0.3) is 5.88 Å². The maximum atomic E-state index is 13.6. The van der Waals surface area contributed by atoms with Crippen LogP contribution in [-0.2, 0) is 4.74 Å². The van der Waals surface area contributed by atoms with Crippen LogP contribution in [0.5, 0.6) is 11.6 Å². The van der Waals surface area contributed by atoms with Crippen LogP contribution in [0, 0.1) is 5.92 Å². The largest absolute Gasteiger partial charge is 0.494 e. The number of nitrogens with zero attached hydrogens (tertiary/aromatic N) is 5. The topological polar surface area (TPSA) is 103 Å². The van der Waals surface area contributed by atoms with E-state index in [4.69, 9.17) is 19.2 Å². The van der Waals surface area contributed by atoms with Gasteiger partial charge in [0.1, 0.15) is 5.75 Å². The predicted molar refractivity (Wildman–Crippen MR) is 143 cm³/mol. The Balaban J connectivity index is 1.50. The molecule has 5 heterocycles. The summed E-state index contributed by atoms with van der Waals surface area (Å²) in [7, 11) is 1.62. The lowest BCUT2D eigenvalue weighted by Crippen LogP contribution is -2.46. The molecular weight excluding hydrogens is 484 g/mol. The highest BCUT2D eigenvalue weighted by Crippen LogP contribution is 2.33. The molecule has 3 aromatic rings. The molecule has 0 aliphatic carbocycles. The van der Waals surface area contributed by atoms with Crippen LogP contribution in [-0.4, -0.2) is 69.8 Å². The third-order valence-corrected chi connectivity index (χ3v) is 7.63. The summed E-state index contributed by atoms with van der Waals surface area (Å²) >= 11 is 0. The Hall–Kier alpha value is -3.40. The standard InChI is InChI=1S/C28H38N6O4/c1-4-34-19(2)23-15-22(25(36-3)16-30-23)24-17-33-11-10-29-26(33)27(32-24)38-12-7-5-6-8-21(31-28(34)35)14-20-9-13-37-18-20/h10-11,15-17,19-21H,4-9,12-14,18H2,1-3H3,(H,31,35)/t19-,20?,21?/m1/s1. The summed E-state index contributed by atoms with van der Waals surface area (Å²) in [6.45, 7) is 6.71. The van der Waals surface area contributed by atoms with Crippen molar-refractivity contribution in [2.75, 3.05) is 33.5 Å². The average Bonchev–Trinajstić information content (AvgIpc) is 3.62. The van der Waals surface area contributed by atoms with Crippen LogP contribution < -0.4 is 14.8 Å². The molecule has 0 aromatic carbocycles. The van der Waals surface area contributed by atoms with Crippen molar-refractivity contribution >= 4 is 11.7 Å². The van der Waals surface area contributed by atoms with E-state index in [9.17, 15) is 4.79 Å². The van der Waals surface area contributed by atoms with E-state index in [-0.39, 0.29) is 18.1 Å². The summed E-state index contributed by atoms with van der Waals surface area (Å²) in [6.07, 6.45) is 13.1. The van der Waals surface area contributed by atoms with Gasteiger partial charge in [-0.15, -0.1) is 0 Å². The van der Waals surface area contributed by atoms with Crippen LogP contribution in [0.1, 0.15) is 64.1 Å². The Morgan fingerprint density at radius 2 is 2.08 bits per heavy atom. The van der Waals surface area contributed by atoms with Gasteiger partial charge in [0.05, 0.1) is 37.3 Å². The van der Waals surface area contributed by atoms with Crippen molar-refractivity contribution in [3.63, 3.8) is 0 Å². The number of ether oxygens (including phenoxy) is 3. The SMILES string of the molecule is CCN1C(=O)NC(CC2CCOC2)CCCCCOc2nc(cn3ccnc23)-c2cc(ncc2OC)[C@H]1C. The molecule has 1 saturated heterocycles. The van der Waals surface area contributed by atoms with Gasteiger partial charge in [0, 0.05) is 50.0 Å². The van der Waals surface area contributed by atoms with E-state index in [1.807, 2.05) is 41.6 Å². The Morgan fingerprint density at radius 1 is 1.18 bits per heavy atom. The lowest BCUT2D eigenvalue weighted by molar-refractivity contribution is 0.168. The zero-order chi connectivity index (χ0) is 26.5. The number of hydrogen-bond acceptors (Lipinski definition) is 7. The van der Waals surface area contributed by atoms with Crippen LogP contribution >= 0.6 is 0 Å². The third kappa shape index (κ3) is 5.70. The first-order valence-corrected chi connectivity index (χ1v) is 13.7. The minimum absolute atomic E-state index is 0.0593. The van der Waals surface area contributed by atoms with Gasteiger partial charge < -0.3 is 28.8 Å². The molecule has 10 heteroatoms. The van der Waals surface area contributed by atoms with E-state index in [1.165, 1.54) is 0 Å². The molecule has 0 radical (unpaired) electrons. The number of nitrogens with one attached hydrogen (secondary N) is 1. The summed E-state index contributed by atoms with van der Waals surface area (Å²) in [5.74, 6) is 1.59. The van der Waals surface area contributed by atoms with Gasteiger partial charge in [-0.2, -0.15) is 0 Å². The van der Waals surface area contributed by atoms with Crippen LogP contribution in [0.2, 0.25) is 0 Å². The zero-order valence-electron chi connectivity index (χ0n) is 22.6. The number of methoxy groups -OCH3 is 1. The second-order valence-corrected chi connectivity index (χ2v) is 10.2. The lowest BCUT2D eigenvalue weighted by atomic mass is 9.95. The number of imidazole rings is 1. The molecule has 1 N–H and O–H groups in total. The maximum absolute atomic E-state index is 13.6. The molecule has 2 unspecified atom stereocenters. The van der Waals surface area contributed by atoms with Crippen molar-refractivity contribution in [3.05, 3.63) is 36.5 Å². The fourth-order valence-corrected chi connectivity index (χ4v) is 5.45. The van der Waals surface area contributed by atoms with Gasteiger partial charge in [-0.3, -0.25) is 4.98 Å². The number of carbonyl (C=O) groups is 1. The molecule has 1 fully saturated rings. The molecule has 10 nitrogen and oxygen atoms in total. The van der Waals surface area contributed by atoms with Crippen molar-refractivity contribution in [2.24, 2.45) is 5.92 Å². The molecule has 0 saturated carbocycles. The summed E-state index contributed by atoms with van der Waals surface area (Å²) < 4.78 is 19.3. The monoisotopic (exact) mass is 522 g/mol. The van der Waals surface area contributed by atoms with Crippen LogP contribution in [0.3, 0.4) is 0 Å². The molecule has 4 bridgehead atoms. The Kier molecular flexibility index (Phi) is 8.26. The average molecular weight is 523 g/mol. The predicted octanol–water partition coefficient (Wildman–Crippen LogP) is 4.64. The van der Waals surface area contributed by atoms with Crippen molar-refractivity contribution in [1.82, 2.24) is 29.6 Å². The van der Waals surface area contributed by atoms with Gasteiger partial charge in [-0.1, -0.05) is 6.42 Å². The molecular formula is C28H38N6O4. The summed E-state index contributed by atoms with van der Waals surface area (Å²) in [4.78, 5) is 29.3. The molecule has 0 spiro atoms. The van der Waals surface area contributed by atoms with Crippen molar-refractivity contribution in [2.45, 2.75) is 64.5 Å². The molecule has 2 aliphatic rings. The first-order valence-electron chi connectivity index (χ1n) is 13.7. The van der Waals surface area contributed by atoms with E-state index in [1.54, 1.807) is 19.5 Å². The number of rotatable bonds is 4. The fraction of sp³-hybridized carbons (Fsp3) is 0.571. The highest BCUT2D eigenvalue weighted by molar-refractivity contribution is 5.75. The number of fused-ring (bicyclic) bond motifs is 7. The van der Waals surface area contributed by atoms with Crippen molar-refractivity contribution < 1.29 is 19.0 Å². The highest BCUT2D eigenvalue weighted by Gasteiger charge is 2.27. The second kappa shape index (κ2) is 12.0. The van der Waals surface area contributed by atoms with Gasteiger partial charge in [-0.05, 0) is 57.9 Å². The third-order valence-electron chi connectivity index (χ3n) is 7.63. The number of carbonyl (C=O) groups excluding carboxylic acids is 1. The number of urea groups is 1. The van der Waals surface area contributed by atoms with E-state index < -0.39 is 0 Å². The van der Waals surface area contributed by atoms with Gasteiger partial charge >= 0.3 is 6.03 Å². The van der Waals surface area contributed by atoms with Crippen LogP contribution in [0.25, 0.3) is 16.9 Å². The first kappa shape index (κ1) is 26.2. The first-order chi connectivity index (χ1) is 18.6. The lowest BCUT2D eigenvalue weighted by Gasteiger charge is -2.31. The normalized spacial score (nSPS) is 23.1. The number of hydrogen-bond donors (Lipinski definition) is 1. The minimum atomic E-state index is -0.247. The smallest absolute Gasteiger partial charge is 0.318 e. The van der Waals surface area contributed by atoms with Crippen molar-refractivity contribution in [3.8, 4) is 22.9 Å². The van der Waals surface area contributed by atoms with Crippen LogP contribution in [0.4, 0.5) is 4.79 Å². The molecule has 5 rings (SSSR count). The number of pyridine rings is 1. The maximum Gasteiger partial charge on any atom is 0.318 e. The zero-order valence-corrected chi connectivity index (χ0v) is 22.6. The molecule has 204 valence electrons. The van der Waals surface area contributed by atoms with Crippen molar-refractivity contribution in [1.29, 1.82) is 0 Å². The molecule has 3 aromatic heterocycles. The molecule has 2 aliphatic heterocycles. The number of aromatic nitrogens is 4. The summed E-state index contributed by atoms with van der Waals surface area (Å²) in [5.41, 5.74) is 2.91. The Bertz CT molecular complexity index is 1240. The second-order valence-electron chi connectivity index (χ2n) is 10.2. The van der Waals surface area contributed by atoms with Gasteiger partial charge in [0.15, 0.2) is 0 Å². The van der Waals surface area contributed by atoms with E-state index >= 15 is 0 Å². The van der Waals surface area contributed by atoms with Gasteiger partial charge in [-0.25, -0.2) is 14.8 Å². The molecule has 2 amide bonds. The summed E-state index contributed by atoms with van der Waals surface area (Å²) in [5, 5.41) is 3.35. The summed E-state index contributed by atoms with van der Waals surface area (Å²) in [6, 6.07) is 1.76.